The van der Waals surface area contributed by atoms with Crippen molar-refractivity contribution in [3.05, 3.63) is 0 Å². The Hall–Kier alpha value is -0.570. The zero-order chi connectivity index (χ0) is 11.5. The highest BCUT2D eigenvalue weighted by Gasteiger charge is 1.99. The number of methoxy groups -OCH3 is 1. The van der Waals surface area contributed by atoms with Crippen LogP contribution in [-0.2, 0) is 9.53 Å². The molecule has 0 saturated heterocycles. The molecule has 0 aliphatic rings. The highest BCUT2D eigenvalue weighted by molar-refractivity contribution is 5.68. The average molecular weight is 215 g/mol. The fourth-order valence-electron chi connectivity index (χ4n) is 1.54. The van der Waals surface area contributed by atoms with Gasteiger partial charge in [-0.15, -0.1) is 0 Å². The summed E-state index contributed by atoms with van der Waals surface area (Å²) in [5, 5.41) is 0. The van der Waals surface area contributed by atoms with Crippen LogP contribution in [-0.4, -0.2) is 19.1 Å². The largest absolute Gasteiger partial charge is 0.469 e. The van der Waals surface area contributed by atoms with E-state index in [0.717, 1.165) is 19.3 Å². The van der Waals surface area contributed by atoms with Crippen LogP contribution in [0.4, 0.5) is 0 Å². The van der Waals surface area contributed by atoms with Gasteiger partial charge in [0.1, 0.15) is 0 Å². The van der Waals surface area contributed by atoms with Crippen LogP contribution in [0.15, 0.2) is 0 Å². The molecule has 0 bridgehead atoms. The van der Waals surface area contributed by atoms with Crippen molar-refractivity contribution in [3.8, 4) is 0 Å². The number of ether oxygens (including phenoxy) is 1. The van der Waals surface area contributed by atoms with Gasteiger partial charge in [-0.25, -0.2) is 0 Å². The SMILES string of the molecule is COC(=O)CCCCCCCCC(C)N. The van der Waals surface area contributed by atoms with E-state index < -0.39 is 0 Å². The molecule has 0 aromatic carbocycles. The average Bonchev–Trinajstić information content (AvgIpc) is 2.21. The highest BCUT2D eigenvalue weighted by atomic mass is 16.5. The summed E-state index contributed by atoms with van der Waals surface area (Å²) in [6.07, 6.45) is 8.75. The molecule has 0 spiro atoms. The van der Waals surface area contributed by atoms with Crippen LogP contribution in [0.1, 0.15) is 58.3 Å². The fourth-order valence-corrected chi connectivity index (χ4v) is 1.54. The van der Waals surface area contributed by atoms with Crippen molar-refractivity contribution in [1.29, 1.82) is 0 Å². The molecule has 0 aromatic rings. The lowest BCUT2D eigenvalue weighted by Gasteiger charge is -2.04. The van der Waals surface area contributed by atoms with E-state index in [1.807, 2.05) is 0 Å². The van der Waals surface area contributed by atoms with Crippen molar-refractivity contribution in [3.63, 3.8) is 0 Å². The Morgan fingerprint density at radius 3 is 2.20 bits per heavy atom. The first-order valence-electron chi connectivity index (χ1n) is 5.99. The van der Waals surface area contributed by atoms with Gasteiger partial charge in [-0.2, -0.15) is 0 Å². The van der Waals surface area contributed by atoms with Crippen molar-refractivity contribution >= 4 is 5.97 Å². The van der Waals surface area contributed by atoms with E-state index in [9.17, 15) is 4.79 Å². The minimum absolute atomic E-state index is 0.0908. The van der Waals surface area contributed by atoms with Crippen LogP contribution in [0.5, 0.6) is 0 Å². The number of unbranched alkanes of at least 4 members (excludes halogenated alkanes) is 5. The molecule has 0 radical (unpaired) electrons. The summed E-state index contributed by atoms with van der Waals surface area (Å²) in [6.45, 7) is 2.05. The summed E-state index contributed by atoms with van der Waals surface area (Å²) >= 11 is 0. The van der Waals surface area contributed by atoms with E-state index in [0.29, 0.717) is 12.5 Å². The van der Waals surface area contributed by atoms with E-state index in [4.69, 9.17) is 5.73 Å². The van der Waals surface area contributed by atoms with E-state index in [-0.39, 0.29) is 5.97 Å². The van der Waals surface area contributed by atoms with Crippen molar-refractivity contribution in [2.75, 3.05) is 7.11 Å². The van der Waals surface area contributed by atoms with Gasteiger partial charge in [-0.3, -0.25) is 4.79 Å². The molecule has 90 valence electrons. The monoisotopic (exact) mass is 215 g/mol. The van der Waals surface area contributed by atoms with Crippen LogP contribution in [0.2, 0.25) is 0 Å². The number of carbonyl (C=O) groups is 1. The second-order valence-electron chi connectivity index (χ2n) is 4.21. The smallest absolute Gasteiger partial charge is 0.305 e. The molecule has 0 rings (SSSR count). The van der Waals surface area contributed by atoms with Crippen molar-refractivity contribution in [2.24, 2.45) is 5.73 Å². The third kappa shape index (κ3) is 11.4. The van der Waals surface area contributed by atoms with Crippen molar-refractivity contribution in [2.45, 2.75) is 64.3 Å². The van der Waals surface area contributed by atoms with E-state index >= 15 is 0 Å². The molecule has 0 aliphatic heterocycles. The number of carbonyl (C=O) groups excluding carboxylic acids is 1. The molecule has 1 unspecified atom stereocenters. The van der Waals surface area contributed by atoms with Gasteiger partial charge < -0.3 is 10.5 Å². The molecule has 1 atom stereocenters. The van der Waals surface area contributed by atoms with Gasteiger partial charge in [0.2, 0.25) is 0 Å². The molecule has 0 amide bonds. The fraction of sp³-hybridized carbons (Fsp3) is 0.917. The summed E-state index contributed by atoms with van der Waals surface area (Å²) in [5.74, 6) is -0.0908. The maximum absolute atomic E-state index is 10.8. The molecule has 2 N–H and O–H groups in total. The lowest BCUT2D eigenvalue weighted by atomic mass is 10.1. The number of rotatable bonds is 9. The Kier molecular flexibility index (Phi) is 9.59. The molecular formula is C12H25NO2. The molecule has 3 heteroatoms. The quantitative estimate of drug-likeness (QED) is 0.475. The first-order valence-corrected chi connectivity index (χ1v) is 5.99. The maximum Gasteiger partial charge on any atom is 0.305 e. The van der Waals surface area contributed by atoms with Gasteiger partial charge in [-0.05, 0) is 19.8 Å². The van der Waals surface area contributed by atoms with Gasteiger partial charge in [0.05, 0.1) is 7.11 Å². The van der Waals surface area contributed by atoms with Gasteiger partial charge in [0.25, 0.3) is 0 Å². The Bertz CT molecular complexity index is 158. The lowest BCUT2D eigenvalue weighted by molar-refractivity contribution is -0.140. The number of esters is 1. The normalized spacial score (nSPS) is 12.5. The second-order valence-corrected chi connectivity index (χ2v) is 4.21. The van der Waals surface area contributed by atoms with E-state index in [1.165, 1.54) is 32.8 Å². The number of nitrogens with two attached hydrogens (primary N) is 1. The Morgan fingerprint density at radius 2 is 1.67 bits per heavy atom. The predicted octanol–water partition coefficient (Wildman–Crippen LogP) is 2.63. The van der Waals surface area contributed by atoms with Gasteiger partial charge in [0, 0.05) is 12.5 Å². The molecule has 0 aromatic heterocycles. The summed E-state index contributed by atoms with van der Waals surface area (Å²) in [7, 11) is 1.44. The Morgan fingerprint density at radius 1 is 1.13 bits per heavy atom. The minimum Gasteiger partial charge on any atom is -0.469 e. The molecule has 0 aliphatic carbocycles. The van der Waals surface area contributed by atoms with Crippen LogP contribution in [0.25, 0.3) is 0 Å². The summed E-state index contributed by atoms with van der Waals surface area (Å²) < 4.78 is 4.57. The van der Waals surface area contributed by atoms with Crippen LogP contribution in [0.3, 0.4) is 0 Å². The number of hydrogen-bond donors (Lipinski definition) is 1. The second kappa shape index (κ2) is 9.97. The maximum atomic E-state index is 10.8. The van der Waals surface area contributed by atoms with Crippen LogP contribution < -0.4 is 5.73 Å². The zero-order valence-electron chi connectivity index (χ0n) is 10.1. The third-order valence-corrected chi connectivity index (χ3v) is 2.52. The first kappa shape index (κ1) is 14.4. The molecular weight excluding hydrogens is 190 g/mol. The number of hydrogen-bond acceptors (Lipinski definition) is 3. The molecule has 15 heavy (non-hydrogen) atoms. The van der Waals surface area contributed by atoms with Crippen molar-refractivity contribution in [1.82, 2.24) is 0 Å². The zero-order valence-corrected chi connectivity index (χ0v) is 10.1. The summed E-state index contributed by atoms with van der Waals surface area (Å²) in [4.78, 5) is 10.8. The predicted molar refractivity (Wildman–Crippen MR) is 62.6 cm³/mol. The third-order valence-electron chi connectivity index (χ3n) is 2.52. The summed E-state index contributed by atoms with van der Waals surface area (Å²) in [6, 6.07) is 0.337. The van der Waals surface area contributed by atoms with Crippen LogP contribution in [0, 0.1) is 0 Å². The van der Waals surface area contributed by atoms with Gasteiger partial charge >= 0.3 is 5.97 Å². The minimum atomic E-state index is -0.0908. The summed E-state index contributed by atoms with van der Waals surface area (Å²) in [5.41, 5.74) is 5.65. The molecule has 3 nitrogen and oxygen atoms in total. The van der Waals surface area contributed by atoms with Gasteiger partial charge in [-0.1, -0.05) is 32.1 Å². The standard InChI is InChI=1S/C12H25NO2/c1-11(13)9-7-5-3-4-6-8-10-12(14)15-2/h11H,3-10,13H2,1-2H3. The Balaban J connectivity index is 3.02. The van der Waals surface area contributed by atoms with Gasteiger partial charge in [0.15, 0.2) is 0 Å². The molecule has 0 saturated carbocycles. The Labute approximate surface area is 93.4 Å². The lowest BCUT2D eigenvalue weighted by Crippen LogP contribution is -2.13. The first-order chi connectivity index (χ1) is 7.16. The van der Waals surface area contributed by atoms with E-state index in [2.05, 4.69) is 11.7 Å². The highest BCUT2D eigenvalue weighted by Crippen LogP contribution is 2.09. The molecule has 0 heterocycles. The topological polar surface area (TPSA) is 52.3 Å². The van der Waals surface area contributed by atoms with Crippen LogP contribution >= 0.6 is 0 Å². The van der Waals surface area contributed by atoms with E-state index in [1.54, 1.807) is 0 Å². The molecule has 0 fully saturated rings. The van der Waals surface area contributed by atoms with Crippen molar-refractivity contribution < 1.29 is 9.53 Å².